The van der Waals surface area contributed by atoms with Gasteiger partial charge in [-0.05, 0) is 18.1 Å². The second-order valence-electron chi connectivity index (χ2n) is 3.67. The summed E-state index contributed by atoms with van der Waals surface area (Å²) >= 11 is 1.29. The number of carbonyl (C=O) groups excluding carboxylic acids is 1. The summed E-state index contributed by atoms with van der Waals surface area (Å²) < 4.78 is 4.85. The zero-order valence-corrected chi connectivity index (χ0v) is 10.9. The van der Waals surface area contributed by atoms with Gasteiger partial charge in [-0.2, -0.15) is 5.10 Å². The lowest BCUT2D eigenvalue weighted by Gasteiger charge is -2.15. The third-order valence-electron chi connectivity index (χ3n) is 2.51. The average Bonchev–Trinajstić information content (AvgIpc) is 2.89. The third-order valence-corrected chi connectivity index (χ3v) is 3.61. The summed E-state index contributed by atoms with van der Waals surface area (Å²) in [6.07, 6.45) is 1.41. The Morgan fingerprint density at radius 2 is 2.22 bits per heavy atom. The van der Waals surface area contributed by atoms with E-state index in [1.807, 2.05) is 31.2 Å². The number of hydrogen-bond acceptors (Lipinski definition) is 5. The van der Waals surface area contributed by atoms with Crippen molar-refractivity contribution in [3.05, 3.63) is 41.7 Å². The van der Waals surface area contributed by atoms with Crippen LogP contribution in [0.2, 0.25) is 0 Å². The molecule has 0 bridgehead atoms. The first-order chi connectivity index (χ1) is 8.72. The molecule has 0 radical (unpaired) electrons. The minimum absolute atomic E-state index is 0.300. The number of aryl methyl sites for hydroxylation is 1. The fourth-order valence-electron chi connectivity index (χ4n) is 1.59. The van der Waals surface area contributed by atoms with Crippen LogP contribution in [0.25, 0.3) is 0 Å². The van der Waals surface area contributed by atoms with E-state index in [-0.39, 0.29) is 5.97 Å². The molecule has 94 valence electrons. The van der Waals surface area contributed by atoms with Crippen molar-refractivity contribution in [1.29, 1.82) is 0 Å². The molecule has 0 fully saturated rings. The van der Waals surface area contributed by atoms with Crippen LogP contribution in [0.3, 0.4) is 0 Å². The van der Waals surface area contributed by atoms with Crippen LogP contribution >= 0.6 is 11.8 Å². The summed E-state index contributed by atoms with van der Waals surface area (Å²) in [7, 11) is 1.38. The van der Waals surface area contributed by atoms with Gasteiger partial charge in [-0.15, -0.1) is 0 Å². The molecule has 18 heavy (non-hydrogen) atoms. The van der Waals surface area contributed by atoms with E-state index in [2.05, 4.69) is 15.2 Å². The Kier molecular flexibility index (Phi) is 3.99. The molecule has 1 atom stereocenters. The second-order valence-corrected chi connectivity index (χ2v) is 4.76. The molecular formula is C12H13N3O2S. The SMILES string of the molecule is COC(=O)[C@H](Sc1ncn[nH]1)c1ccccc1C. The molecule has 0 spiro atoms. The van der Waals surface area contributed by atoms with E-state index in [1.54, 1.807) is 0 Å². The lowest BCUT2D eigenvalue weighted by Crippen LogP contribution is -2.12. The second kappa shape index (κ2) is 5.68. The molecule has 0 unspecified atom stereocenters. The van der Waals surface area contributed by atoms with E-state index in [4.69, 9.17) is 4.74 Å². The Morgan fingerprint density at radius 1 is 1.44 bits per heavy atom. The maximum atomic E-state index is 11.9. The highest BCUT2D eigenvalue weighted by atomic mass is 32.2. The molecule has 2 rings (SSSR count). The van der Waals surface area contributed by atoms with Crippen LogP contribution in [-0.2, 0) is 9.53 Å². The number of ether oxygens (including phenoxy) is 1. The number of esters is 1. The van der Waals surface area contributed by atoms with Gasteiger partial charge in [-0.3, -0.25) is 9.89 Å². The van der Waals surface area contributed by atoms with E-state index in [1.165, 1.54) is 25.2 Å². The van der Waals surface area contributed by atoms with Crippen molar-refractivity contribution in [2.24, 2.45) is 0 Å². The normalized spacial score (nSPS) is 12.1. The number of methoxy groups -OCH3 is 1. The van der Waals surface area contributed by atoms with Crippen molar-refractivity contribution in [2.45, 2.75) is 17.3 Å². The summed E-state index contributed by atoms with van der Waals surface area (Å²) in [5.74, 6) is -0.300. The van der Waals surface area contributed by atoms with E-state index >= 15 is 0 Å². The molecule has 1 N–H and O–H groups in total. The van der Waals surface area contributed by atoms with Gasteiger partial charge in [0.25, 0.3) is 0 Å². The highest BCUT2D eigenvalue weighted by molar-refractivity contribution is 8.00. The molecule has 2 aromatic rings. The molecule has 1 aromatic carbocycles. The number of carbonyl (C=O) groups is 1. The Hall–Kier alpha value is -1.82. The lowest BCUT2D eigenvalue weighted by atomic mass is 10.1. The quantitative estimate of drug-likeness (QED) is 0.676. The molecule has 1 heterocycles. The molecule has 0 aliphatic heterocycles. The molecule has 0 aliphatic carbocycles. The summed E-state index contributed by atoms with van der Waals surface area (Å²) in [6, 6.07) is 7.72. The third kappa shape index (κ3) is 2.70. The van der Waals surface area contributed by atoms with Crippen LogP contribution in [-0.4, -0.2) is 28.3 Å². The van der Waals surface area contributed by atoms with E-state index in [9.17, 15) is 4.79 Å². The number of aromatic nitrogens is 3. The molecule has 0 amide bonds. The summed E-state index contributed by atoms with van der Waals surface area (Å²) in [5, 5.41) is 6.65. The summed E-state index contributed by atoms with van der Waals surface area (Å²) in [4.78, 5) is 15.9. The van der Waals surface area contributed by atoms with Gasteiger partial charge in [0.1, 0.15) is 11.6 Å². The highest BCUT2D eigenvalue weighted by Crippen LogP contribution is 2.35. The first-order valence-electron chi connectivity index (χ1n) is 5.37. The fourth-order valence-corrected chi connectivity index (χ4v) is 2.61. The molecule has 0 saturated heterocycles. The summed E-state index contributed by atoms with van der Waals surface area (Å²) in [5.41, 5.74) is 1.96. The maximum absolute atomic E-state index is 11.9. The standard InChI is InChI=1S/C12H13N3O2S/c1-8-5-3-4-6-9(8)10(11(16)17-2)18-12-13-7-14-15-12/h3-7,10H,1-2H3,(H,13,14,15)/t10-/m1/s1. The number of thioether (sulfide) groups is 1. The zero-order chi connectivity index (χ0) is 13.0. The summed E-state index contributed by atoms with van der Waals surface area (Å²) in [6.45, 7) is 1.96. The molecule has 1 aromatic heterocycles. The monoisotopic (exact) mass is 263 g/mol. The molecular weight excluding hydrogens is 250 g/mol. The number of rotatable bonds is 4. The van der Waals surface area contributed by atoms with Crippen molar-refractivity contribution in [1.82, 2.24) is 15.2 Å². The van der Waals surface area contributed by atoms with Gasteiger partial charge in [0, 0.05) is 0 Å². The molecule has 0 saturated carbocycles. The predicted molar refractivity (Wildman–Crippen MR) is 68.2 cm³/mol. The lowest BCUT2D eigenvalue weighted by molar-refractivity contribution is -0.140. The zero-order valence-electron chi connectivity index (χ0n) is 10.1. The van der Waals surface area contributed by atoms with Gasteiger partial charge in [0.15, 0.2) is 5.16 Å². The fraction of sp³-hybridized carbons (Fsp3) is 0.250. The highest BCUT2D eigenvalue weighted by Gasteiger charge is 2.25. The Balaban J connectivity index is 2.31. The van der Waals surface area contributed by atoms with E-state index < -0.39 is 5.25 Å². The van der Waals surface area contributed by atoms with Crippen LogP contribution in [0, 0.1) is 6.92 Å². The number of nitrogens with one attached hydrogen (secondary N) is 1. The number of benzene rings is 1. The Labute approximate surface area is 109 Å². The van der Waals surface area contributed by atoms with Crippen LogP contribution in [0.4, 0.5) is 0 Å². The van der Waals surface area contributed by atoms with Crippen LogP contribution in [0.5, 0.6) is 0 Å². The van der Waals surface area contributed by atoms with Crippen molar-refractivity contribution < 1.29 is 9.53 Å². The van der Waals surface area contributed by atoms with Crippen molar-refractivity contribution in [3.8, 4) is 0 Å². The van der Waals surface area contributed by atoms with Gasteiger partial charge in [0.05, 0.1) is 7.11 Å². The smallest absolute Gasteiger partial charge is 0.323 e. The number of hydrogen-bond donors (Lipinski definition) is 1. The van der Waals surface area contributed by atoms with Gasteiger partial charge in [-0.1, -0.05) is 36.0 Å². The number of H-pyrrole nitrogens is 1. The minimum atomic E-state index is -0.441. The topological polar surface area (TPSA) is 67.9 Å². The Bertz CT molecular complexity index is 528. The van der Waals surface area contributed by atoms with Gasteiger partial charge >= 0.3 is 5.97 Å². The van der Waals surface area contributed by atoms with E-state index in [0.717, 1.165) is 11.1 Å². The largest absolute Gasteiger partial charge is 0.468 e. The maximum Gasteiger partial charge on any atom is 0.323 e. The molecule has 0 aliphatic rings. The Morgan fingerprint density at radius 3 is 2.83 bits per heavy atom. The number of aromatic amines is 1. The first-order valence-corrected chi connectivity index (χ1v) is 6.25. The predicted octanol–water partition coefficient (Wildman–Crippen LogP) is 2.12. The average molecular weight is 263 g/mol. The van der Waals surface area contributed by atoms with Gasteiger partial charge in [0.2, 0.25) is 0 Å². The van der Waals surface area contributed by atoms with Gasteiger partial charge in [-0.25, -0.2) is 4.98 Å². The molecule has 5 nitrogen and oxygen atoms in total. The van der Waals surface area contributed by atoms with Crippen LogP contribution < -0.4 is 0 Å². The van der Waals surface area contributed by atoms with Crippen molar-refractivity contribution in [2.75, 3.05) is 7.11 Å². The first kappa shape index (κ1) is 12.6. The van der Waals surface area contributed by atoms with E-state index in [0.29, 0.717) is 5.16 Å². The number of nitrogens with zero attached hydrogens (tertiary/aromatic N) is 2. The minimum Gasteiger partial charge on any atom is -0.468 e. The van der Waals surface area contributed by atoms with Crippen LogP contribution in [0.1, 0.15) is 16.4 Å². The van der Waals surface area contributed by atoms with Crippen molar-refractivity contribution >= 4 is 17.7 Å². The van der Waals surface area contributed by atoms with Gasteiger partial charge < -0.3 is 4.74 Å². The van der Waals surface area contributed by atoms with Crippen LogP contribution in [0.15, 0.2) is 35.7 Å². The molecule has 6 heteroatoms. The van der Waals surface area contributed by atoms with Crippen molar-refractivity contribution in [3.63, 3.8) is 0 Å².